The number of carbonyl (C=O) groups is 1. The number of anilines is 1. The molecule has 130 valence electrons. The SMILES string of the molecule is CCc1cn2cc(N3CCN(C(=O)OC(C)(C)C)CC3)ncc2n1. The number of aromatic nitrogens is 3. The van der Waals surface area contributed by atoms with Crippen LogP contribution in [0.3, 0.4) is 0 Å². The van der Waals surface area contributed by atoms with Gasteiger partial charge in [0, 0.05) is 32.4 Å². The van der Waals surface area contributed by atoms with Crippen molar-refractivity contribution in [1.82, 2.24) is 19.3 Å². The zero-order valence-electron chi connectivity index (χ0n) is 14.8. The Kier molecular flexibility index (Phi) is 4.34. The summed E-state index contributed by atoms with van der Waals surface area (Å²) in [6, 6.07) is 0. The van der Waals surface area contributed by atoms with E-state index in [2.05, 4.69) is 21.8 Å². The second-order valence-electron chi connectivity index (χ2n) is 7.05. The summed E-state index contributed by atoms with van der Waals surface area (Å²) in [6.45, 7) is 10.5. The predicted octanol–water partition coefficient (Wildman–Crippen LogP) is 2.35. The number of rotatable bonds is 2. The monoisotopic (exact) mass is 331 g/mol. The fourth-order valence-corrected chi connectivity index (χ4v) is 2.72. The molecule has 3 rings (SSSR count). The topological polar surface area (TPSA) is 63.0 Å². The number of imidazole rings is 1. The molecule has 2 aromatic heterocycles. The van der Waals surface area contributed by atoms with E-state index in [9.17, 15) is 4.79 Å². The van der Waals surface area contributed by atoms with E-state index in [-0.39, 0.29) is 6.09 Å². The molecule has 1 amide bonds. The molecule has 0 aromatic carbocycles. The van der Waals surface area contributed by atoms with E-state index in [4.69, 9.17) is 4.74 Å². The van der Waals surface area contributed by atoms with E-state index in [0.717, 1.165) is 36.7 Å². The molecule has 2 aromatic rings. The molecule has 7 heteroatoms. The van der Waals surface area contributed by atoms with E-state index in [0.29, 0.717) is 13.1 Å². The van der Waals surface area contributed by atoms with Crippen molar-refractivity contribution in [2.24, 2.45) is 0 Å². The number of hydrogen-bond donors (Lipinski definition) is 0. The van der Waals surface area contributed by atoms with Gasteiger partial charge in [-0.3, -0.25) is 0 Å². The van der Waals surface area contributed by atoms with Gasteiger partial charge in [-0.15, -0.1) is 0 Å². The number of amides is 1. The molecule has 24 heavy (non-hydrogen) atoms. The molecule has 1 saturated heterocycles. The number of nitrogens with zero attached hydrogens (tertiary/aromatic N) is 5. The fraction of sp³-hybridized carbons (Fsp3) is 0.588. The second-order valence-corrected chi connectivity index (χ2v) is 7.05. The lowest BCUT2D eigenvalue weighted by atomic mass is 10.2. The van der Waals surface area contributed by atoms with Crippen molar-refractivity contribution in [1.29, 1.82) is 0 Å². The molecule has 3 heterocycles. The molecule has 0 spiro atoms. The number of fused-ring (bicyclic) bond motifs is 1. The summed E-state index contributed by atoms with van der Waals surface area (Å²) in [6.07, 6.45) is 6.51. The summed E-state index contributed by atoms with van der Waals surface area (Å²) in [7, 11) is 0. The van der Waals surface area contributed by atoms with Gasteiger partial charge in [0.25, 0.3) is 0 Å². The van der Waals surface area contributed by atoms with Crippen LogP contribution in [0.1, 0.15) is 33.4 Å². The number of piperazine rings is 1. The Morgan fingerprint density at radius 1 is 1.21 bits per heavy atom. The first-order chi connectivity index (χ1) is 11.4. The van der Waals surface area contributed by atoms with Crippen molar-refractivity contribution >= 4 is 17.6 Å². The third-order valence-electron chi connectivity index (χ3n) is 4.00. The van der Waals surface area contributed by atoms with Crippen molar-refractivity contribution in [3.8, 4) is 0 Å². The molecular weight excluding hydrogens is 306 g/mol. The minimum Gasteiger partial charge on any atom is -0.444 e. The highest BCUT2D eigenvalue weighted by atomic mass is 16.6. The van der Waals surface area contributed by atoms with Crippen LogP contribution in [-0.4, -0.2) is 57.1 Å². The highest BCUT2D eigenvalue weighted by Crippen LogP contribution is 2.17. The molecule has 1 aliphatic rings. The van der Waals surface area contributed by atoms with Crippen molar-refractivity contribution < 1.29 is 9.53 Å². The molecule has 0 aliphatic carbocycles. The molecule has 7 nitrogen and oxygen atoms in total. The van der Waals surface area contributed by atoms with Gasteiger partial charge in [0.15, 0.2) is 5.65 Å². The van der Waals surface area contributed by atoms with Crippen molar-refractivity contribution in [2.75, 3.05) is 31.1 Å². The maximum absolute atomic E-state index is 12.1. The van der Waals surface area contributed by atoms with Crippen LogP contribution in [0.5, 0.6) is 0 Å². The van der Waals surface area contributed by atoms with E-state index < -0.39 is 5.60 Å². The van der Waals surface area contributed by atoms with Gasteiger partial charge in [-0.1, -0.05) is 6.92 Å². The van der Waals surface area contributed by atoms with E-state index in [1.54, 1.807) is 11.1 Å². The lowest BCUT2D eigenvalue weighted by molar-refractivity contribution is 0.0240. The first-order valence-electron chi connectivity index (χ1n) is 8.42. The Morgan fingerprint density at radius 2 is 1.92 bits per heavy atom. The summed E-state index contributed by atoms with van der Waals surface area (Å²) in [4.78, 5) is 25.1. The Labute approximate surface area is 142 Å². The van der Waals surface area contributed by atoms with Gasteiger partial charge in [-0.25, -0.2) is 14.8 Å². The van der Waals surface area contributed by atoms with Crippen LogP contribution < -0.4 is 4.90 Å². The van der Waals surface area contributed by atoms with Crippen molar-refractivity contribution in [3.63, 3.8) is 0 Å². The van der Waals surface area contributed by atoms with Crippen LogP contribution in [0.15, 0.2) is 18.6 Å². The molecule has 0 radical (unpaired) electrons. The van der Waals surface area contributed by atoms with Crippen LogP contribution in [0.2, 0.25) is 0 Å². The molecule has 1 fully saturated rings. The number of carbonyl (C=O) groups excluding carboxylic acids is 1. The third-order valence-corrected chi connectivity index (χ3v) is 4.00. The van der Waals surface area contributed by atoms with Crippen LogP contribution in [-0.2, 0) is 11.2 Å². The second kappa shape index (κ2) is 6.30. The maximum atomic E-state index is 12.1. The van der Waals surface area contributed by atoms with Crippen LogP contribution >= 0.6 is 0 Å². The highest BCUT2D eigenvalue weighted by molar-refractivity contribution is 5.68. The van der Waals surface area contributed by atoms with Gasteiger partial charge in [0.1, 0.15) is 11.4 Å². The minimum atomic E-state index is -0.459. The van der Waals surface area contributed by atoms with Crippen LogP contribution in [0.25, 0.3) is 5.65 Å². The molecule has 0 unspecified atom stereocenters. The molecular formula is C17H25N5O2. The summed E-state index contributed by atoms with van der Waals surface area (Å²) in [5, 5.41) is 0. The number of ether oxygens (including phenoxy) is 1. The van der Waals surface area contributed by atoms with Crippen molar-refractivity contribution in [3.05, 3.63) is 24.3 Å². The van der Waals surface area contributed by atoms with E-state index in [1.165, 1.54) is 0 Å². The molecule has 0 saturated carbocycles. The smallest absolute Gasteiger partial charge is 0.410 e. The third kappa shape index (κ3) is 3.60. The summed E-state index contributed by atoms with van der Waals surface area (Å²) < 4.78 is 7.45. The quantitative estimate of drug-likeness (QED) is 0.845. The maximum Gasteiger partial charge on any atom is 0.410 e. The molecule has 1 aliphatic heterocycles. The Balaban J connectivity index is 1.65. The summed E-state index contributed by atoms with van der Waals surface area (Å²) in [5.41, 5.74) is 1.46. The minimum absolute atomic E-state index is 0.243. The lowest BCUT2D eigenvalue weighted by Crippen LogP contribution is -2.50. The molecule has 0 atom stereocenters. The number of aryl methyl sites for hydroxylation is 1. The normalized spacial score (nSPS) is 15.8. The largest absolute Gasteiger partial charge is 0.444 e. The van der Waals surface area contributed by atoms with Gasteiger partial charge < -0.3 is 18.9 Å². The lowest BCUT2D eigenvalue weighted by Gasteiger charge is -2.36. The van der Waals surface area contributed by atoms with Gasteiger partial charge in [0.2, 0.25) is 0 Å². The van der Waals surface area contributed by atoms with Gasteiger partial charge in [0.05, 0.1) is 18.1 Å². The van der Waals surface area contributed by atoms with Crippen molar-refractivity contribution in [2.45, 2.75) is 39.7 Å². The summed E-state index contributed by atoms with van der Waals surface area (Å²) >= 11 is 0. The molecule has 0 bridgehead atoms. The average Bonchev–Trinajstić information content (AvgIpc) is 2.95. The first kappa shape index (κ1) is 16.5. The Bertz CT molecular complexity index is 726. The fourth-order valence-electron chi connectivity index (χ4n) is 2.72. The highest BCUT2D eigenvalue weighted by Gasteiger charge is 2.26. The van der Waals surface area contributed by atoms with E-state index in [1.807, 2.05) is 37.6 Å². The first-order valence-corrected chi connectivity index (χ1v) is 8.42. The van der Waals surface area contributed by atoms with Crippen LogP contribution in [0.4, 0.5) is 10.6 Å². The Morgan fingerprint density at radius 3 is 2.54 bits per heavy atom. The zero-order chi connectivity index (χ0) is 17.3. The number of hydrogen-bond acceptors (Lipinski definition) is 5. The van der Waals surface area contributed by atoms with Gasteiger partial charge in [-0.05, 0) is 27.2 Å². The zero-order valence-corrected chi connectivity index (χ0v) is 14.8. The standard InChI is InChI=1S/C17H25N5O2/c1-5-13-11-22-12-15(18-10-14(22)19-13)20-6-8-21(9-7-20)16(23)24-17(2,3)4/h10-12H,5-9H2,1-4H3. The van der Waals surface area contributed by atoms with Crippen LogP contribution in [0, 0.1) is 0 Å². The Hall–Kier alpha value is -2.31. The van der Waals surface area contributed by atoms with E-state index >= 15 is 0 Å². The van der Waals surface area contributed by atoms with Gasteiger partial charge >= 0.3 is 6.09 Å². The summed E-state index contributed by atoms with van der Waals surface area (Å²) in [5.74, 6) is 0.909. The predicted molar refractivity (Wildman–Crippen MR) is 92.4 cm³/mol. The average molecular weight is 331 g/mol. The molecule has 0 N–H and O–H groups in total. The van der Waals surface area contributed by atoms with Gasteiger partial charge in [-0.2, -0.15) is 0 Å².